The van der Waals surface area contributed by atoms with Crippen LogP contribution in [0.5, 0.6) is 0 Å². The van der Waals surface area contributed by atoms with Gasteiger partial charge in [0.1, 0.15) is 5.60 Å². The number of hydrogen-bond donors (Lipinski definition) is 2. The van der Waals surface area contributed by atoms with E-state index < -0.39 is 17.7 Å². The Bertz CT molecular complexity index is 677. The summed E-state index contributed by atoms with van der Waals surface area (Å²) >= 11 is 0. The topological polar surface area (TPSA) is 93.7 Å². The second-order valence-corrected chi connectivity index (χ2v) is 8.47. The van der Waals surface area contributed by atoms with Crippen molar-refractivity contribution in [3.05, 3.63) is 35.4 Å². The van der Waals surface area contributed by atoms with Crippen LogP contribution in [0.25, 0.3) is 0 Å². The maximum absolute atomic E-state index is 12.0. The Morgan fingerprint density at radius 2 is 1.66 bits per heavy atom. The summed E-state index contributed by atoms with van der Waals surface area (Å²) in [5.41, 5.74) is 1.64. The highest BCUT2D eigenvalue weighted by Crippen LogP contribution is 2.15. The first kappa shape index (κ1) is 24.5. The molecular formula is C22H34N2O5. The molecule has 0 heterocycles. The van der Waals surface area contributed by atoms with Gasteiger partial charge in [-0.25, -0.2) is 4.79 Å². The van der Waals surface area contributed by atoms with Crippen LogP contribution in [0.4, 0.5) is 4.79 Å². The van der Waals surface area contributed by atoms with Crippen LogP contribution in [-0.4, -0.2) is 36.7 Å². The fourth-order valence-electron chi connectivity index (χ4n) is 2.58. The largest absolute Gasteiger partial charge is 0.456 e. The van der Waals surface area contributed by atoms with E-state index in [1.54, 1.807) is 20.8 Å². The number of carbonyl (C=O) groups is 3. The molecule has 1 aromatic carbocycles. The molecule has 162 valence electrons. The van der Waals surface area contributed by atoms with E-state index in [1.807, 2.05) is 19.1 Å². The summed E-state index contributed by atoms with van der Waals surface area (Å²) in [6, 6.07) is 7.93. The molecule has 7 heteroatoms. The summed E-state index contributed by atoms with van der Waals surface area (Å²) < 4.78 is 10.0. The van der Waals surface area contributed by atoms with Crippen molar-refractivity contribution >= 4 is 18.0 Å². The normalized spacial score (nSPS) is 12.2. The van der Waals surface area contributed by atoms with Gasteiger partial charge in [-0.1, -0.05) is 38.1 Å². The van der Waals surface area contributed by atoms with E-state index in [0.29, 0.717) is 5.92 Å². The number of carbonyl (C=O) groups excluding carboxylic acids is 3. The molecule has 0 bridgehead atoms. The number of hydrogen-bond acceptors (Lipinski definition) is 5. The van der Waals surface area contributed by atoms with Gasteiger partial charge in [-0.2, -0.15) is 0 Å². The fourth-order valence-corrected chi connectivity index (χ4v) is 2.58. The van der Waals surface area contributed by atoms with Crippen molar-refractivity contribution < 1.29 is 23.9 Å². The minimum absolute atomic E-state index is 0.0423. The maximum Gasteiger partial charge on any atom is 0.407 e. The first-order chi connectivity index (χ1) is 13.5. The number of ether oxygens (including phenoxy) is 2. The predicted octanol–water partition coefficient (Wildman–Crippen LogP) is 3.52. The molecule has 1 atom stereocenters. The average molecular weight is 407 g/mol. The molecule has 2 amide bonds. The lowest BCUT2D eigenvalue weighted by Gasteiger charge is -2.19. The van der Waals surface area contributed by atoms with E-state index in [0.717, 1.165) is 12.0 Å². The third kappa shape index (κ3) is 11.1. The Morgan fingerprint density at radius 3 is 2.21 bits per heavy atom. The quantitative estimate of drug-likeness (QED) is 0.612. The van der Waals surface area contributed by atoms with E-state index in [9.17, 15) is 14.4 Å². The summed E-state index contributed by atoms with van der Waals surface area (Å²) in [5.74, 6) is -0.355. The van der Waals surface area contributed by atoms with E-state index >= 15 is 0 Å². The van der Waals surface area contributed by atoms with Crippen molar-refractivity contribution in [3.63, 3.8) is 0 Å². The summed E-state index contributed by atoms with van der Waals surface area (Å²) in [4.78, 5) is 35.2. The average Bonchev–Trinajstić information content (AvgIpc) is 2.58. The lowest BCUT2D eigenvalue weighted by molar-refractivity contribution is -0.148. The number of alkyl carbamates (subject to hydrolysis) is 1. The molecule has 0 saturated heterocycles. The van der Waals surface area contributed by atoms with Gasteiger partial charge in [0.25, 0.3) is 5.91 Å². The Balaban J connectivity index is 2.30. The van der Waals surface area contributed by atoms with Crippen LogP contribution in [0.3, 0.4) is 0 Å². The van der Waals surface area contributed by atoms with Gasteiger partial charge in [0, 0.05) is 6.54 Å². The van der Waals surface area contributed by atoms with E-state index in [1.165, 1.54) is 5.56 Å². The molecule has 0 spiro atoms. The van der Waals surface area contributed by atoms with Gasteiger partial charge in [0.15, 0.2) is 6.61 Å². The Labute approximate surface area is 173 Å². The van der Waals surface area contributed by atoms with Crippen molar-refractivity contribution in [1.29, 1.82) is 0 Å². The van der Waals surface area contributed by atoms with Gasteiger partial charge in [-0.15, -0.1) is 0 Å². The Hall–Kier alpha value is -2.57. The summed E-state index contributed by atoms with van der Waals surface area (Å²) in [5, 5.41) is 5.27. The molecule has 2 N–H and O–H groups in total. The molecule has 7 nitrogen and oxygen atoms in total. The van der Waals surface area contributed by atoms with Crippen molar-refractivity contribution in [1.82, 2.24) is 10.6 Å². The van der Waals surface area contributed by atoms with Crippen molar-refractivity contribution in [3.8, 4) is 0 Å². The monoisotopic (exact) mass is 406 g/mol. The lowest BCUT2D eigenvalue weighted by atomic mass is 10.00. The zero-order valence-corrected chi connectivity index (χ0v) is 18.3. The summed E-state index contributed by atoms with van der Waals surface area (Å²) in [6.45, 7) is 11.2. The second-order valence-electron chi connectivity index (χ2n) is 8.47. The van der Waals surface area contributed by atoms with Gasteiger partial charge >= 0.3 is 12.1 Å². The zero-order chi connectivity index (χ0) is 22.0. The maximum atomic E-state index is 12.0. The predicted molar refractivity (Wildman–Crippen MR) is 111 cm³/mol. The van der Waals surface area contributed by atoms with Gasteiger partial charge in [0.05, 0.1) is 12.5 Å². The van der Waals surface area contributed by atoms with Crippen LogP contribution in [0, 0.1) is 5.92 Å². The number of esters is 1. The molecule has 0 radical (unpaired) electrons. The highest BCUT2D eigenvalue weighted by atomic mass is 16.6. The van der Waals surface area contributed by atoms with Crippen LogP contribution in [0.2, 0.25) is 0 Å². The first-order valence-electron chi connectivity index (χ1n) is 9.97. The number of benzene rings is 1. The molecule has 0 aromatic heterocycles. The molecule has 1 rings (SSSR count). The molecule has 0 fully saturated rings. The minimum Gasteiger partial charge on any atom is -0.456 e. The van der Waals surface area contributed by atoms with E-state index in [-0.39, 0.29) is 31.5 Å². The van der Waals surface area contributed by atoms with Crippen LogP contribution >= 0.6 is 0 Å². The van der Waals surface area contributed by atoms with Gasteiger partial charge in [-0.05, 0) is 51.2 Å². The molecule has 1 aromatic rings. The molecule has 0 aliphatic carbocycles. The van der Waals surface area contributed by atoms with Gasteiger partial charge in [-0.3, -0.25) is 9.59 Å². The summed E-state index contributed by atoms with van der Waals surface area (Å²) in [7, 11) is 0. The van der Waals surface area contributed by atoms with E-state index in [2.05, 4.69) is 36.6 Å². The molecule has 0 saturated carbocycles. The molecular weight excluding hydrogens is 372 g/mol. The molecule has 29 heavy (non-hydrogen) atoms. The number of nitrogens with one attached hydrogen (secondary N) is 2. The van der Waals surface area contributed by atoms with Crippen molar-refractivity contribution in [2.75, 3.05) is 13.2 Å². The lowest BCUT2D eigenvalue weighted by Crippen LogP contribution is -2.34. The van der Waals surface area contributed by atoms with Crippen LogP contribution in [0.15, 0.2) is 24.3 Å². The van der Waals surface area contributed by atoms with Gasteiger partial charge in [0.2, 0.25) is 0 Å². The Morgan fingerprint density at radius 1 is 1.03 bits per heavy atom. The van der Waals surface area contributed by atoms with Crippen LogP contribution in [0.1, 0.15) is 65.1 Å². The highest BCUT2D eigenvalue weighted by Gasteiger charge is 2.16. The van der Waals surface area contributed by atoms with Crippen LogP contribution in [-0.2, 0) is 25.5 Å². The highest BCUT2D eigenvalue weighted by molar-refractivity contribution is 5.81. The smallest absolute Gasteiger partial charge is 0.407 e. The van der Waals surface area contributed by atoms with Crippen molar-refractivity contribution in [2.24, 2.45) is 5.92 Å². The minimum atomic E-state index is -0.603. The van der Waals surface area contributed by atoms with E-state index in [4.69, 9.17) is 9.47 Å². The first-order valence-corrected chi connectivity index (χ1v) is 9.97. The van der Waals surface area contributed by atoms with Gasteiger partial charge < -0.3 is 20.1 Å². The Kier molecular flexibility index (Phi) is 9.65. The molecule has 0 aliphatic rings. The molecule has 0 unspecified atom stereocenters. The number of amides is 2. The third-order valence-electron chi connectivity index (χ3n) is 3.86. The fraction of sp³-hybridized carbons (Fsp3) is 0.591. The second kappa shape index (κ2) is 11.4. The SMILES string of the molecule is CC(C)Cc1ccc([C@@H](C)NC(=O)COC(=O)CCNC(=O)OC(C)(C)C)cc1. The molecule has 0 aliphatic heterocycles. The zero-order valence-electron chi connectivity index (χ0n) is 18.3. The van der Waals surface area contributed by atoms with Crippen molar-refractivity contribution in [2.45, 2.75) is 66.0 Å². The summed E-state index contributed by atoms with van der Waals surface area (Å²) in [6.07, 6.45) is 0.371. The van der Waals surface area contributed by atoms with Crippen LogP contribution < -0.4 is 10.6 Å². The third-order valence-corrected chi connectivity index (χ3v) is 3.86. The number of rotatable bonds is 9. The standard InChI is InChI=1S/C22H34N2O5/c1-15(2)13-17-7-9-18(10-8-17)16(3)24-19(25)14-28-20(26)11-12-23-21(27)29-22(4,5)6/h7-10,15-16H,11-14H2,1-6H3,(H,23,27)(H,24,25)/t16-/m1/s1.